The Bertz CT molecular complexity index is 2550. The highest BCUT2D eigenvalue weighted by Gasteiger charge is 2.17. The van der Waals surface area contributed by atoms with Gasteiger partial charge in [-0.05, 0) is 56.9 Å². The van der Waals surface area contributed by atoms with Crippen molar-refractivity contribution in [3.05, 3.63) is 152 Å². The third kappa shape index (κ3) is 4.35. The molecule has 4 nitrogen and oxygen atoms in total. The first-order chi connectivity index (χ1) is 22.3. The number of furan rings is 1. The molecule has 2 aromatic heterocycles. The molecule has 9 rings (SSSR count). The van der Waals surface area contributed by atoms with E-state index >= 15 is 0 Å². The van der Waals surface area contributed by atoms with E-state index in [0.29, 0.717) is 17.5 Å². The molecule has 45 heavy (non-hydrogen) atoms. The van der Waals surface area contributed by atoms with Gasteiger partial charge in [-0.3, -0.25) is 0 Å². The summed E-state index contributed by atoms with van der Waals surface area (Å²) in [6, 6.07) is 52.3. The predicted molar refractivity (Wildman–Crippen MR) is 184 cm³/mol. The lowest BCUT2D eigenvalue weighted by Crippen LogP contribution is -2.00. The molecule has 4 heteroatoms. The number of nitrogens with zero attached hydrogens (tertiary/aromatic N) is 3. The maximum absolute atomic E-state index is 6.21. The molecule has 0 N–H and O–H groups in total. The zero-order valence-electron chi connectivity index (χ0n) is 24.2. The molecule has 7 aromatic carbocycles. The Kier molecular flexibility index (Phi) is 5.78. The molecule has 2 heterocycles. The number of hydrogen-bond acceptors (Lipinski definition) is 4. The Labute approximate surface area is 259 Å². The molecule has 0 unspecified atom stereocenters. The van der Waals surface area contributed by atoms with Crippen LogP contribution in [0.25, 0.3) is 88.8 Å². The van der Waals surface area contributed by atoms with Gasteiger partial charge in [0.2, 0.25) is 0 Å². The van der Waals surface area contributed by atoms with Crippen LogP contribution in [0.1, 0.15) is 0 Å². The van der Waals surface area contributed by atoms with Crippen LogP contribution in [0.3, 0.4) is 0 Å². The average Bonchev–Trinajstić information content (AvgIpc) is 3.50. The lowest BCUT2D eigenvalue weighted by molar-refractivity contribution is 0.669. The van der Waals surface area contributed by atoms with Crippen LogP contribution in [-0.2, 0) is 0 Å². The minimum Gasteiger partial charge on any atom is -0.456 e. The summed E-state index contributed by atoms with van der Waals surface area (Å²) >= 11 is 0. The van der Waals surface area contributed by atoms with Crippen molar-refractivity contribution in [3.63, 3.8) is 0 Å². The zero-order valence-corrected chi connectivity index (χ0v) is 24.2. The predicted octanol–water partition coefficient (Wildman–Crippen LogP) is 10.7. The number of rotatable bonds is 4. The highest BCUT2D eigenvalue weighted by Crippen LogP contribution is 2.39. The lowest BCUT2D eigenvalue weighted by Gasteiger charge is -2.12. The molecule has 0 fully saturated rings. The Hall–Kier alpha value is -6.13. The Balaban J connectivity index is 1.26. The van der Waals surface area contributed by atoms with Gasteiger partial charge >= 0.3 is 0 Å². The number of benzene rings is 7. The number of para-hydroxylation sites is 1. The second-order valence-electron chi connectivity index (χ2n) is 11.3. The third-order valence-electron chi connectivity index (χ3n) is 8.51. The molecule has 0 saturated carbocycles. The first-order valence-electron chi connectivity index (χ1n) is 15.0. The van der Waals surface area contributed by atoms with Gasteiger partial charge in [0.1, 0.15) is 11.2 Å². The minimum atomic E-state index is 0.640. The van der Waals surface area contributed by atoms with Gasteiger partial charge in [0.05, 0.1) is 0 Å². The quantitative estimate of drug-likeness (QED) is 0.209. The number of fused-ring (bicyclic) bond motifs is 5. The van der Waals surface area contributed by atoms with Crippen molar-refractivity contribution in [1.82, 2.24) is 15.0 Å². The van der Waals surface area contributed by atoms with E-state index in [1.807, 2.05) is 48.5 Å². The second kappa shape index (κ2) is 10.2. The fourth-order valence-electron chi connectivity index (χ4n) is 6.32. The SMILES string of the molecule is c1ccc(-c2nc(-c3ccc4ccccc4c3)nc(-c3cccc4ccc(-c5cccc6oc7ccccc7c56)cc34)n2)cc1. The Morgan fingerprint density at radius 2 is 1.00 bits per heavy atom. The molecular weight excluding hydrogens is 550 g/mol. The van der Waals surface area contributed by atoms with Crippen LogP contribution in [-0.4, -0.2) is 15.0 Å². The molecule has 210 valence electrons. The van der Waals surface area contributed by atoms with E-state index in [2.05, 4.69) is 103 Å². The first kappa shape index (κ1) is 25.4. The van der Waals surface area contributed by atoms with E-state index < -0.39 is 0 Å². The fraction of sp³-hybridized carbons (Fsp3) is 0. The summed E-state index contributed by atoms with van der Waals surface area (Å²) in [5, 5.41) is 6.76. The molecule has 0 radical (unpaired) electrons. The topological polar surface area (TPSA) is 51.8 Å². The molecule has 0 saturated heterocycles. The van der Waals surface area contributed by atoms with Gasteiger partial charge in [-0.15, -0.1) is 0 Å². The van der Waals surface area contributed by atoms with E-state index in [1.54, 1.807) is 0 Å². The normalized spacial score (nSPS) is 11.6. The van der Waals surface area contributed by atoms with Gasteiger partial charge in [-0.1, -0.05) is 127 Å². The van der Waals surface area contributed by atoms with Gasteiger partial charge in [0.15, 0.2) is 17.5 Å². The molecule has 0 aliphatic rings. The van der Waals surface area contributed by atoms with Crippen molar-refractivity contribution in [2.24, 2.45) is 0 Å². The second-order valence-corrected chi connectivity index (χ2v) is 11.3. The van der Waals surface area contributed by atoms with Crippen LogP contribution in [0.2, 0.25) is 0 Å². The zero-order chi connectivity index (χ0) is 29.7. The van der Waals surface area contributed by atoms with Crippen molar-refractivity contribution >= 4 is 43.5 Å². The van der Waals surface area contributed by atoms with Crippen molar-refractivity contribution in [3.8, 4) is 45.3 Å². The van der Waals surface area contributed by atoms with E-state index in [9.17, 15) is 0 Å². The largest absolute Gasteiger partial charge is 0.456 e. The number of hydrogen-bond donors (Lipinski definition) is 0. The molecule has 0 amide bonds. The van der Waals surface area contributed by atoms with Crippen molar-refractivity contribution in [2.45, 2.75) is 0 Å². The summed E-state index contributed by atoms with van der Waals surface area (Å²) in [7, 11) is 0. The molecule has 0 aliphatic carbocycles. The summed E-state index contributed by atoms with van der Waals surface area (Å²) in [5.41, 5.74) is 6.87. The summed E-state index contributed by atoms with van der Waals surface area (Å²) in [6.45, 7) is 0. The van der Waals surface area contributed by atoms with E-state index in [4.69, 9.17) is 19.4 Å². The van der Waals surface area contributed by atoms with Crippen LogP contribution in [0.4, 0.5) is 0 Å². The molecule has 9 aromatic rings. The molecular formula is C41H25N3O. The van der Waals surface area contributed by atoms with Crippen LogP contribution >= 0.6 is 0 Å². The van der Waals surface area contributed by atoms with Crippen LogP contribution in [0, 0.1) is 0 Å². The first-order valence-corrected chi connectivity index (χ1v) is 15.0. The Morgan fingerprint density at radius 3 is 1.91 bits per heavy atom. The van der Waals surface area contributed by atoms with Crippen LogP contribution in [0.5, 0.6) is 0 Å². The van der Waals surface area contributed by atoms with Crippen molar-refractivity contribution in [1.29, 1.82) is 0 Å². The van der Waals surface area contributed by atoms with Crippen LogP contribution in [0.15, 0.2) is 156 Å². The maximum atomic E-state index is 6.21. The molecule has 0 atom stereocenters. The number of aromatic nitrogens is 3. The summed E-state index contributed by atoms with van der Waals surface area (Å²) < 4.78 is 6.21. The Morgan fingerprint density at radius 1 is 0.356 bits per heavy atom. The molecule has 0 aliphatic heterocycles. The van der Waals surface area contributed by atoms with Crippen molar-refractivity contribution in [2.75, 3.05) is 0 Å². The van der Waals surface area contributed by atoms with Gasteiger partial charge in [0.25, 0.3) is 0 Å². The summed E-state index contributed by atoms with van der Waals surface area (Å²) in [4.78, 5) is 15.1. The highest BCUT2D eigenvalue weighted by atomic mass is 16.3. The highest BCUT2D eigenvalue weighted by molar-refractivity contribution is 6.13. The smallest absolute Gasteiger partial charge is 0.164 e. The lowest BCUT2D eigenvalue weighted by atomic mass is 9.95. The summed E-state index contributed by atoms with van der Waals surface area (Å²) in [6.07, 6.45) is 0. The van der Waals surface area contributed by atoms with Gasteiger partial charge in [0, 0.05) is 27.5 Å². The standard InChI is InChI=1S/C41H25N3O/c1-2-11-28(12-3-1)39-42-40(31-23-20-26-10-4-5-13-29(26)24-31)44-41(43-39)33-17-8-14-27-21-22-30(25-35(27)33)32-16-9-19-37-38(32)34-15-6-7-18-36(34)45-37/h1-25H. The van der Waals surface area contributed by atoms with E-state index in [1.165, 1.54) is 5.39 Å². The molecule has 0 bridgehead atoms. The minimum absolute atomic E-state index is 0.640. The van der Waals surface area contributed by atoms with Crippen molar-refractivity contribution < 1.29 is 4.42 Å². The fourth-order valence-corrected chi connectivity index (χ4v) is 6.32. The monoisotopic (exact) mass is 575 g/mol. The van der Waals surface area contributed by atoms with Gasteiger partial charge < -0.3 is 4.42 Å². The third-order valence-corrected chi connectivity index (χ3v) is 8.51. The van der Waals surface area contributed by atoms with Crippen LogP contribution < -0.4 is 0 Å². The summed E-state index contributed by atoms with van der Waals surface area (Å²) in [5.74, 6) is 1.93. The van der Waals surface area contributed by atoms with Gasteiger partial charge in [-0.2, -0.15) is 0 Å². The van der Waals surface area contributed by atoms with Gasteiger partial charge in [-0.25, -0.2) is 15.0 Å². The van der Waals surface area contributed by atoms with E-state index in [-0.39, 0.29) is 0 Å². The van der Waals surface area contributed by atoms with E-state index in [0.717, 1.165) is 65.9 Å². The average molecular weight is 576 g/mol. The molecule has 0 spiro atoms. The maximum Gasteiger partial charge on any atom is 0.164 e.